The van der Waals surface area contributed by atoms with Gasteiger partial charge in [-0.25, -0.2) is 9.67 Å². The van der Waals surface area contributed by atoms with Crippen LogP contribution in [-0.2, 0) is 6.54 Å². The summed E-state index contributed by atoms with van der Waals surface area (Å²) in [5, 5.41) is 7.51. The Labute approximate surface area is 198 Å². The van der Waals surface area contributed by atoms with Crippen molar-refractivity contribution in [3.05, 3.63) is 102 Å². The zero-order valence-corrected chi connectivity index (χ0v) is 18.8. The van der Waals surface area contributed by atoms with E-state index in [0.717, 1.165) is 35.5 Å². The van der Waals surface area contributed by atoms with Crippen LogP contribution >= 0.6 is 0 Å². The highest BCUT2D eigenvalue weighted by Gasteiger charge is 2.32. The van der Waals surface area contributed by atoms with Crippen molar-refractivity contribution in [3.63, 3.8) is 0 Å². The van der Waals surface area contributed by atoms with E-state index in [-0.39, 0.29) is 5.91 Å². The van der Waals surface area contributed by atoms with Crippen LogP contribution in [0.1, 0.15) is 40.4 Å². The summed E-state index contributed by atoms with van der Waals surface area (Å²) in [5.74, 6) is 1.59. The summed E-state index contributed by atoms with van der Waals surface area (Å²) in [4.78, 5) is 17.3. The van der Waals surface area contributed by atoms with Gasteiger partial charge in [-0.1, -0.05) is 42.5 Å². The van der Waals surface area contributed by atoms with E-state index in [1.54, 1.807) is 18.5 Å². The average Bonchev–Trinajstić information content (AvgIpc) is 3.64. The minimum atomic E-state index is -0.123. The molecular formula is C27H26N4O3. The van der Waals surface area contributed by atoms with Crippen molar-refractivity contribution in [3.8, 4) is 17.3 Å². The summed E-state index contributed by atoms with van der Waals surface area (Å²) < 4.78 is 13.1. The van der Waals surface area contributed by atoms with Gasteiger partial charge < -0.3 is 14.8 Å². The monoisotopic (exact) mass is 454 g/mol. The molecule has 4 aromatic rings. The summed E-state index contributed by atoms with van der Waals surface area (Å²) in [6, 6.07) is 23.2. The first kappa shape index (κ1) is 21.7. The summed E-state index contributed by atoms with van der Waals surface area (Å²) in [5.41, 5.74) is 3.49. The quantitative estimate of drug-likeness (QED) is 0.356. The first-order chi connectivity index (χ1) is 16.8. The molecule has 2 aromatic heterocycles. The lowest BCUT2D eigenvalue weighted by Gasteiger charge is -2.10. The van der Waals surface area contributed by atoms with Crippen molar-refractivity contribution < 1.29 is 14.3 Å². The lowest BCUT2D eigenvalue weighted by Crippen LogP contribution is -2.24. The molecule has 2 heterocycles. The van der Waals surface area contributed by atoms with E-state index in [4.69, 9.17) is 9.47 Å². The van der Waals surface area contributed by atoms with Crippen molar-refractivity contribution in [2.24, 2.45) is 0 Å². The minimum absolute atomic E-state index is 0.123. The number of pyridine rings is 1. The second kappa shape index (κ2) is 10.2. The summed E-state index contributed by atoms with van der Waals surface area (Å²) >= 11 is 0. The second-order valence-electron chi connectivity index (χ2n) is 8.16. The lowest BCUT2D eigenvalue weighted by atomic mass is 10.1. The molecule has 1 saturated carbocycles. The number of para-hydroxylation sites is 2. The van der Waals surface area contributed by atoms with E-state index < -0.39 is 0 Å². The van der Waals surface area contributed by atoms with E-state index in [1.165, 1.54) is 0 Å². The number of nitrogens with one attached hydrogen (secondary N) is 1. The average molecular weight is 455 g/mol. The number of hydrogen-bond donors (Lipinski definition) is 1. The number of amides is 1. The van der Waals surface area contributed by atoms with Gasteiger partial charge in [0.2, 0.25) is 5.88 Å². The van der Waals surface area contributed by atoms with Crippen LogP contribution in [0.2, 0.25) is 0 Å². The fourth-order valence-corrected chi connectivity index (χ4v) is 3.76. The molecule has 1 fully saturated rings. The topological polar surface area (TPSA) is 78.3 Å². The van der Waals surface area contributed by atoms with Gasteiger partial charge in [0.05, 0.1) is 23.1 Å². The standard InChI is InChI=1S/C27H26N4O3/c32-27(24-19-30-31(26(24)21-12-13-21)22-7-3-1-4-8-22)29-18-20-11-14-25(28-17-20)34-16-15-33-23-9-5-2-6-10-23/h1-11,14,17,19,21H,12-13,15-16,18H2,(H,29,32). The van der Waals surface area contributed by atoms with Gasteiger partial charge >= 0.3 is 0 Å². The van der Waals surface area contributed by atoms with Crippen LogP contribution in [0.15, 0.2) is 85.2 Å². The molecule has 1 N–H and O–H groups in total. The number of ether oxygens (including phenoxy) is 2. The molecule has 1 aliphatic carbocycles. The third kappa shape index (κ3) is 5.26. The Morgan fingerprint density at radius 3 is 2.35 bits per heavy atom. The molecule has 7 nitrogen and oxygen atoms in total. The maximum Gasteiger partial charge on any atom is 0.255 e. The Kier molecular flexibility index (Phi) is 6.52. The second-order valence-corrected chi connectivity index (χ2v) is 8.16. The number of hydrogen-bond acceptors (Lipinski definition) is 5. The molecule has 0 unspecified atom stereocenters. The Morgan fingerprint density at radius 2 is 1.65 bits per heavy atom. The highest BCUT2D eigenvalue weighted by molar-refractivity contribution is 5.95. The smallest absolute Gasteiger partial charge is 0.255 e. The molecule has 0 aliphatic heterocycles. The summed E-state index contributed by atoms with van der Waals surface area (Å²) in [6.07, 6.45) is 5.55. The van der Waals surface area contributed by atoms with Gasteiger partial charge in [-0.05, 0) is 42.7 Å². The van der Waals surface area contributed by atoms with Gasteiger partial charge in [0.15, 0.2) is 0 Å². The third-order valence-electron chi connectivity index (χ3n) is 5.61. The number of nitrogens with zero attached hydrogens (tertiary/aromatic N) is 3. The van der Waals surface area contributed by atoms with E-state index in [0.29, 0.717) is 37.1 Å². The van der Waals surface area contributed by atoms with Crippen molar-refractivity contribution >= 4 is 5.91 Å². The van der Waals surface area contributed by atoms with Crippen LogP contribution in [0, 0.1) is 0 Å². The van der Waals surface area contributed by atoms with E-state index in [2.05, 4.69) is 15.4 Å². The van der Waals surface area contributed by atoms with Crippen molar-refractivity contribution in [2.45, 2.75) is 25.3 Å². The van der Waals surface area contributed by atoms with Crippen LogP contribution in [-0.4, -0.2) is 33.9 Å². The fraction of sp³-hybridized carbons (Fsp3) is 0.222. The van der Waals surface area contributed by atoms with E-state index in [9.17, 15) is 4.79 Å². The summed E-state index contributed by atoms with van der Waals surface area (Å²) in [6.45, 7) is 1.21. The molecule has 0 saturated heterocycles. The number of carbonyl (C=O) groups is 1. The van der Waals surface area contributed by atoms with Gasteiger partial charge in [0.25, 0.3) is 5.91 Å². The highest BCUT2D eigenvalue weighted by Crippen LogP contribution is 2.42. The predicted molar refractivity (Wildman–Crippen MR) is 128 cm³/mol. The van der Waals surface area contributed by atoms with Gasteiger partial charge in [-0.2, -0.15) is 5.10 Å². The molecule has 1 amide bonds. The zero-order chi connectivity index (χ0) is 23.2. The molecule has 0 spiro atoms. The fourth-order valence-electron chi connectivity index (χ4n) is 3.76. The van der Waals surface area contributed by atoms with Crippen LogP contribution in [0.5, 0.6) is 11.6 Å². The first-order valence-electron chi connectivity index (χ1n) is 11.4. The molecule has 5 rings (SSSR count). The molecule has 172 valence electrons. The highest BCUT2D eigenvalue weighted by atomic mass is 16.5. The van der Waals surface area contributed by atoms with E-state index >= 15 is 0 Å². The first-order valence-corrected chi connectivity index (χ1v) is 11.4. The Hall–Kier alpha value is -4.13. The third-order valence-corrected chi connectivity index (χ3v) is 5.61. The van der Waals surface area contributed by atoms with Gasteiger partial charge in [0, 0.05) is 24.7 Å². The Bertz CT molecular complexity index is 1220. The maximum atomic E-state index is 13.0. The van der Waals surface area contributed by atoms with Crippen LogP contribution in [0.4, 0.5) is 0 Å². The lowest BCUT2D eigenvalue weighted by molar-refractivity contribution is 0.0950. The van der Waals surface area contributed by atoms with Gasteiger partial charge in [-0.15, -0.1) is 0 Å². The molecule has 0 bridgehead atoms. The molecule has 34 heavy (non-hydrogen) atoms. The SMILES string of the molecule is O=C(NCc1ccc(OCCOc2ccccc2)nc1)c1cnn(-c2ccccc2)c1C1CC1. The van der Waals surface area contributed by atoms with Crippen LogP contribution < -0.4 is 14.8 Å². The molecule has 0 radical (unpaired) electrons. The molecule has 2 aromatic carbocycles. The van der Waals surface area contributed by atoms with Crippen molar-refractivity contribution in [1.82, 2.24) is 20.1 Å². The van der Waals surface area contributed by atoms with Gasteiger partial charge in [-0.3, -0.25) is 4.79 Å². The maximum absolute atomic E-state index is 13.0. The number of benzene rings is 2. The Balaban J connectivity index is 1.14. The number of carbonyl (C=O) groups excluding carboxylic acids is 1. The van der Waals surface area contributed by atoms with E-state index in [1.807, 2.05) is 71.4 Å². The predicted octanol–water partition coefficient (Wildman–Crippen LogP) is 4.53. The normalized spacial score (nSPS) is 12.8. The number of aromatic nitrogens is 3. The number of rotatable bonds is 10. The minimum Gasteiger partial charge on any atom is -0.490 e. The molecular weight excluding hydrogens is 428 g/mol. The zero-order valence-electron chi connectivity index (χ0n) is 18.8. The molecule has 0 atom stereocenters. The van der Waals surface area contributed by atoms with Crippen molar-refractivity contribution in [1.29, 1.82) is 0 Å². The molecule has 7 heteroatoms. The van der Waals surface area contributed by atoms with Crippen LogP contribution in [0.3, 0.4) is 0 Å². The largest absolute Gasteiger partial charge is 0.490 e. The van der Waals surface area contributed by atoms with Gasteiger partial charge in [0.1, 0.15) is 19.0 Å². The van der Waals surface area contributed by atoms with Crippen LogP contribution in [0.25, 0.3) is 5.69 Å². The summed E-state index contributed by atoms with van der Waals surface area (Å²) in [7, 11) is 0. The van der Waals surface area contributed by atoms with Crippen molar-refractivity contribution in [2.75, 3.05) is 13.2 Å². The Morgan fingerprint density at radius 1 is 0.912 bits per heavy atom. The molecule has 1 aliphatic rings.